The summed E-state index contributed by atoms with van der Waals surface area (Å²) >= 11 is 0. The number of hydrazine groups is 1. The number of amides is 1. The van der Waals surface area contributed by atoms with E-state index in [1.54, 1.807) is 0 Å². The number of carboxylic acids is 2. The highest BCUT2D eigenvalue weighted by Crippen LogP contribution is 2.09. The summed E-state index contributed by atoms with van der Waals surface area (Å²) in [4.78, 5) is 32.5. The molecular formula is C10H19N3O5. The first-order chi connectivity index (χ1) is 8.19. The third-order valence-corrected chi connectivity index (χ3v) is 2.48. The molecule has 8 nitrogen and oxygen atoms in total. The van der Waals surface area contributed by atoms with Crippen molar-refractivity contribution in [1.82, 2.24) is 5.01 Å². The SMILES string of the molecule is C[C@@](N)(C(=O)O)N(N)C(=O)CCCCCC(=O)O. The Morgan fingerprint density at radius 2 is 1.61 bits per heavy atom. The van der Waals surface area contributed by atoms with E-state index < -0.39 is 23.5 Å². The predicted octanol–water partition coefficient (Wildman–Crippen LogP) is -0.517. The van der Waals surface area contributed by atoms with Crippen molar-refractivity contribution < 1.29 is 24.6 Å². The minimum Gasteiger partial charge on any atom is -0.481 e. The van der Waals surface area contributed by atoms with Crippen LogP contribution in [-0.4, -0.2) is 38.7 Å². The third kappa shape index (κ3) is 5.11. The second kappa shape index (κ2) is 6.92. The fourth-order valence-electron chi connectivity index (χ4n) is 1.21. The number of carboxylic acid groups (broad SMARTS) is 2. The number of nitrogens with two attached hydrogens (primary N) is 2. The first kappa shape index (κ1) is 16.3. The molecular weight excluding hydrogens is 242 g/mol. The van der Waals surface area contributed by atoms with E-state index in [4.69, 9.17) is 21.8 Å². The van der Waals surface area contributed by atoms with Gasteiger partial charge in [-0.05, 0) is 19.8 Å². The Morgan fingerprint density at radius 1 is 1.11 bits per heavy atom. The van der Waals surface area contributed by atoms with E-state index in [1.165, 1.54) is 0 Å². The van der Waals surface area contributed by atoms with Crippen LogP contribution in [-0.2, 0) is 14.4 Å². The van der Waals surface area contributed by atoms with Gasteiger partial charge < -0.3 is 10.2 Å². The molecule has 0 bridgehead atoms. The molecule has 0 aliphatic carbocycles. The molecule has 8 heteroatoms. The molecule has 0 radical (unpaired) electrons. The smallest absolute Gasteiger partial charge is 0.345 e. The third-order valence-electron chi connectivity index (χ3n) is 2.48. The molecule has 0 aromatic carbocycles. The largest absolute Gasteiger partial charge is 0.481 e. The Hall–Kier alpha value is -1.67. The van der Waals surface area contributed by atoms with Crippen molar-refractivity contribution in [1.29, 1.82) is 0 Å². The van der Waals surface area contributed by atoms with Gasteiger partial charge in [0.15, 0.2) is 0 Å². The molecule has 0 aromatic rings. The molecule has 6 N–H and O–H groups in total. The maximum absolute atomic E-state index is 11.5. The number of rotatable bonds is 8. The molecule has 0 aromatic heterocycles. The molecule has 18 heavy (non-hydrogen) atoms. The Balaban J connectivity index is 4.03. The van der Waals surface area contributed by atoms with E-state index in [9.17, 15) is 14.4 Å². The summed E-state index contributed by atoms with van der Waals surface area (Å²) in [5.74, 6) is 2.47. The van der Waals surface area contributed by atoms with Crippen LogP contribution in [0, 0.1) is 0 Å². The number of unbranched alkanes of at least 4 members (excludes halogenated alkanes) is 2. The number of aliphatic carboxylic acids is 2. The zero-order valence-corrected chi connectivity index (χ0v) is 10.3. The van der Waals surface area contributed by atoms with Crippen molar-refractivity contribution in [3.8, 4) is 0 Å². The summed E-state index contributed by atoms with van der Waals surface area (Å²) in [6, 6.07) is 0. The Labute approximate surface area is 105 Å². The normalized spacial score (nSPS) is 13.7. The lowest BCUT2D eigenvalue weighted by Gasteiger charge is -2.30. The standard InChI is InChI=1S/C10H19N3O5/c1-10(11,9(17)18)13(12)7(14)5-3-2-4-6-8(15)16/h2-6,11-12H2,1H3,(H,15,16)(H,17,18)/t10-/m0/s1. The van der Waals surface area contributed by atoms with Gasteiger partial charge in [0.2, 0.25) is 11.6 Å². The van der Waals surface area contributed by atoms with Crippen molar-refractivity contribution in [3.63, 3.8) is 0 Å². The van der Waals surface area contributed by atoms with Crippen molar-refractivity contribution in [2.45, 2.75) is 44.7 Å². The summed E-state index contributed by atoms with van der Waals surface area (Å²) < 4.78 is 0. The van der Waals surface area contributed by atoms with Gasteiger partial charge in [0.05, 0.1) is 0 Å². The molecule has 1 amide bonds. The van der Waals surface area contributed by atoms with Gasteiger partial charge in [-0.3, -0.25) is 15.3 Å². The molecule has 0 spiro atoms. The lowest BCUT2D eigenvalue weighted by atomic mass is 10.1. The first-order valence-electron chi connectivity index (χ1n) is 5.51. The van der Waals surface area contributed by atoms with Gasteiger partial charge in [-0.1, -0.05) is 6.42 Å². The lowest BCUT2D eigenvalue weighted by molar-refractivity contribution is -0.158. The van der Waals surface area contributed by atoms with Crippen molar-refractivity contribution in [2.75, 3.05) is 0 Å². The van der Waals surface area contributed by atoms with Gasteiger partial charge in [-0.15, -0.1) is 0 Å². The summed E-state index contributed by atoms with van der Waals surface area (Å²) in [5, 5.41) is 17.7. The minimum atomic E-state index is -1.95. The molecule has 0 rings (SSSR count). The molecule has 0 fully saturated rings. The quantitative estimate of drug-likeness (QED) is 0.151. The molecule has 0 heterocycles. The minimum absolute atomic E-state index is 0.0379. The second-order valence-electron chi connectivity index (χ2n) is 4.17. The molecule has 104 valence electrons. The number of carbonyl (C=O) groups is 3. The van der Waals surface area contributed by atoms with Crippen LogP contribution in [0.15, 0.2) is 0 Å². The number of nitrogens with zero attached hydrogens (tertiary/aromatic N) is 1. The molecule has 0 aliphatic rings. The van der Waals surface area contributed by atoms with E-state index in [-0.39, 0.29) is 12.8 Å². The second-order valence-corrected chi connectivity index (χ2v) is 4.17. The number of hydrogen-bond acceptors (Lipinski definition) is 5. The highest BCUT2D eigenvalue weighted by Gasteiger charge is 2.36. The molecule has 0 saturated heterocycles. The van der Waals surface area contributed by atoms with Crippen LogP contribution < -0.4 is 11.6 Å². The van der Waals surface area contributed by atoms with Crippen molar-refractivity contribution in [3.05, 3.63) is 0 Å². The van der Waals surface area contributed by atoms with Crippen molar-refractivity contribution >= 4 is 17.8 Å². The fraction of sp³-hybridized carbons (Fsp3) is 0.700. The Morgan fingerprint density at radius 3 is 2.06 bits per heavy atom. The highest BCUT2D eigenvalue weighted by atomic mass is 16.4. The fourth-order valence-corrected chi connectivity index (χ4v) is 1.21. The molecule has 0 aliphatic heterocycles. The van der Waals surface area contributed by atoms with Gasteiger partial charge in [-0.25, -0.2) is 15.6 Å². The first-order valence-corrected chi connectivity index (χ1v) is 5.51. The maximum atomic E-state index is 11.5. The molecule has 0 unspecified atom stereocenters. The van der Waals surface area contributed by atoms with E-state index in [0.29, 0.717) is 24.3 Å². The van der Waals surface area contributed by atoms with Gasteiger partial charge in [0.25, 0.3) is 0 Å². The van der Waals surface area contributed by atoms with E-state index in [1.807, 2.05) is 0 Å². The molecule has 0 saturated carbocycles. The molecule has 1 atom stereocenters. The van der Waals surface area contributed by atoms with Crippen LogP contribution in [0.5, 0.6) is 0 Å². The van der Waals surface area contributed by atoms with Crippen molar-refractivity contribution in [2.24, 2.45) is 11.6 Å². The van der Waals surface area contributed by atoms with E-state index in [0.717, 1.165) is 6.92 Å². The van der Waals surface area contributed by atoms with Gasteiger partial charge in [0, 0.05) is 12.8 Å². The van der Waals surface area contributed by atoms with Crippen LogP contribution >= 0.6 is 0 Å². The summed E-state index contributed by atoms with van der Waals surface area (Å²) in [5.41, 5.74) is 3.43. The van der Waals surface area contributed by atoms with E-state index in [2.05, 4.69) is 0 Å². The lowest BCUT2D eigenvalue weighted by Crippen LogP contribution is -2.64. The zero-order valence-electron chi connectivity index (χ0n) is 10.3. The highest BCUT2D eigenvalue weighted by molar-refractivity contribution is 5.85. The van der Waals surface area contributed by atoms with Crippen LogP contribution in [0.25, 0.3) is 0 Å². The maximum Gasteiger partial charge on any atom is 0.345 e. The number of hydrogen-bond donors (Lipinski definition) is 4. The summed E-state index contributed by atoms with van der Waals surface area (Å²) in [7, 11) is 0. The van der Waals surface area contributed by atoms with Crippen LogP contribution in [0.4, 0.5) is 0 Å². The zero-order chi connectivity index (χ0) is 14.3. The van der Waals surface area contributed by atoms with Gasteiger partial charge >= 0.3 is 11.9 Å². The average Bonchev–Trinajstić information content (AvgIpc) is 2.26. The van der Waals surface area contributed by atoms with Crippen LogP contribution in [0.1, 0.15) is 39.0 Å². The summed E-state index contributed by atoms with van der Waals surface area (Å²) in [6.07, 6.45) is 1.54. The Kier molecular flexibility index (Phi) is 6.28. The van der Waals surface area contributed by atoms with E-state index >= 15 is 0 Å². The monoisotopic (exact) mass is 261 g/mol. The van der Waals surface area contributed by atoms with Crippen LogP contribution in [0.2, 0.25) is 0 Å². The summed E-state index contributed by atoms with van der Waals surface area (Å²) in [6.45, 7) is 1.12. The average molecular weight is 261 g/mol. The van der Waals surface area contributed by atoms with Gasteiger partial charge in [0.1, 0.15) is 0 Å². The van der Waals surface area contributed by atoms with Crippen LogP contribution in [0.3, 0.4) is 0 Å². The number of carbonyl (C=O) groups excluding carboxylic acids is 1. The Bertz CT molecular complexity index is 329. The topological polar surface area (TPSA) is 147 Å². The predicted molar refractivity (Wildman–Crippen MR) is 62.0 cm³/mol. The van der Waals surface area contributed by atoms with Gasteiger partial charge in [-0.2, -0.15) is 0 Å².